The molecule has 1 aromatic carbocycles. The topological polar surface area (TPSA) is 76.0 Å². The van der Waals surface area contributed by atoms with Gasteiger partial charge in [0.2, 0.25) is 0 Å². The molecule has 2 N–H and O–H groups in total. The summed E-state index contributed by atoms with van der Waals surface area (Å²) < 4.78 is 11.1. The smallest absolute Gasteiger partial charge is 0.344 e. The molecule has 37 heavy (non-hydrogen) atoms. The molecule has 0 amide bonds. The van der Waals surface area contributed by atoms with E-state index in [9.17, 15) is 15.0 Å². The Morgan fingerprint density at radius 2 is 1.70 bits per heavy atom. The van der Waals surface area contributed by atoms with Gasteiger partial charge in [0.15, 0.2) is 6.61 Å². The van der Waals surface area contributed by atoms with Gasteiger partial charge in [0.1, 0.15) is 5.75 Å². The van der Waals surface area contributed by atoms with Crippen LogP contribution in [0.5, 0.6) is 5.75 Å². The summed E-state index contributed by atoms with van der Waals surface area (Å²) >= 11 is 0. The van der Waals surface area contributed by atoms with Gasteiger partial charge < -0.3 is 19.7 Å². The molecule has 0 unspecified atom stereocenters. The van der Waals surface area contributed by atoms with Gasteiger partial charge >= 0.3 is 5.97 Å². The van der Waals surface area contributed by atoms with Crippen LogP contribution in [0.2, 0.25) is 0 Å². The van der Waals surface area contributed by atoms with Gasteiger partial charge in [0.05, 0.1) is 18.8 Å². The zero-order chi connectivity index (χ0) is 26.9. The zero-order valence-corrected chi connectivity index (χ0v) is 23.8. The number of ether oxygens (including phenoxy) is 2. The summed E-state index contributed by atoms with van der Waals surface area (Å²) in [6.45, 7) is 6.99. The van der Waals surface area contributed by atoms with Crippen LogP contribution in [0.4, 0.5) is 0 Å². The second-order valence-electron chi connectivity index (χ2n) is 11.2. The largest absolute Gasteiger partial charge is 0.482 e. The molecule has 1 aromatic rings. The lowest BCUT2D eigenvalue weighted by Gasteiger charge is -2.26. The van der Waals surface area contributed by atoms with Crippen LogP contribution in [0.15, 0.2) is 24.3 Å². The first-order valence-corrected chi connectivity index (χ1v) is 15.2. The van der Waals surface area contributed by atoms with E-state index < -0.39 is 0 Å². The Hall–Kier alpha value is -1.59. The molecule has 1 aliphatic rings. The van der Waals surface area contributed by atoms with Gasteiger partial charge in [0.25, 0.3) is 0 Å². The van der Waals surface area contributed by atoms with Gasteiger partial charge in [-0.3, -0.25) is 0 Å². The Morgan fingerprint density at radius 3 is 2.46 bits per heavy atom. The Kier molecular flexibility index (Phi) is 15.9. The Bertz CT molecular complexity index is 736. The lowest BCUT2D eigenvalue weighted by molar-refractivity contribution is -0.146. The lowest BCUT2D eigenvalue weighted by Crippen LogP contribution is -2.24. The second kappa shape index (κ2) is 18.6. The van der Waals surface area contributed by atoms with E-state index in [1.54, 1.807) is 0 Å². The molecular weight excluding hydrogens is 464 g/mol. The van der Waals surface area contributed by atoms with E-state index in [-0.39, 0.29) is 30.7 Å². The van der Waals surface area contributed by atoms with Crippen LogP contribution in [-0.4, -0.2) is 41.6 Å². The molecule has 0 radical (unpaired) electrons. The molecule has 0 spiro atoms. The van der Waals surface area contributed by atoms with E-state index >= 15 is 0 Å². The van der Waals surface area contributed by atoms with Crippen LogP contribution in [0.3, 0.4) is 0 Å². The maximum Gasteiger partial charge on any atom is 0.344 e. The molecule has 5 nitrogen and oxygen atoms in total. The molecule has 0 aromatic heterocycles. The first-order chi connectivity index (χ1) is 18.0. The normalized spacial score (nSPS) is 22.2. The standard InChI is InChI=1S/C32H54O5/c1-4-7-9-10-11-13-20-36-32(35)24-37-28-17-14-15-25(21-28)22-30-26(6-3)23-31(34)29(30)19-18-27(33)16-12-8-5-2/h14-15,17,21,26-27,29-31,33-34H,4-13,16,18-20,22-24H2,1-3H3/t26-,27-,29+,30-,31+/m0/s1. The summed E-state index contributed by atoms with van der Waals surface area (Å²) in [4.78, 5) is 12.1. The minimum Gasteiger partial charge on any atom is -0.482 e. The van der Waals surface area contributed by atoms with E-state index in [1.807, 2.05) is 18.2 Å². The molecule has 5 heteroatoms. The van der Waals surface area contributed by atoms with Crippen LogP contribution >= 0.6 is 0 Å². The van der Waals surface area contributed by atoms with Gasteiger partial charge in [-0.15, -0.1) is 0 Å². The molecule has 0 aliphatic heterocycles. The first-order valence-electron chi connectivity index (χ1n) is 15.2. The van der Waals surface area contributed by atoms with Crippen molar-refractivity contribution in [3.8, 4) is 5.75 Å². The van der Waals surface area contributed by atoms with Crippen molar-refractivity contribution in [1.29, 1.82) is 0 Å². The number of hydrogen-bond donors (Lipinski definition) is 2. The Balaban J connectivity index is 1.82. The van der Waals surface area contributed by atoms with Crippen molar-refractivity contribution in [3.63, 3.8) is 0 Å². The highest BCUT2D eigenvalue weighted by Crippen LogP contribution is 2.44. The van der Waals surface area contributed by atoms with E-state index in [1.165, 1.54) is 37.7 Å². The van der Waals surface area contributed by atoms with Gasteiger partial charge in [0, 0.05) is 0 Å². The highest BCUT2D eigenvalue weighted by molar-refractivity contribution is 5.71. The maximum absolute atomic E-state index is 12.1. The van der Waals surface area contributed by atoms with Gasteiger partial charge in [-0.25, -0.2) is 4.79 Å². The average molecular weight is 519 g/mol. The predicted octanol–water partition coefficient (Wildman–Crippen LogP) is 7.26. The fourth-order valence-electron chi connectivity index (χ4n) is 5.93. The average Bonchev–Trinajstić information content (AvgIpc) is 3.19. The molecule has 5 atom stereocenters. The number of carbonyl (C=O) groups excluding carboxylic acids is 1. The highest BCUT2D eigenvalue weighted by atomic mass is 16.6. The van der Waals surface area contributed by atoms with Crippen LogP contribution in [-0.2, 0) is 16.0 Å². The molecule has 212 valence electrons. The summed E-state index contributed by atoms with van der Waals surface area (Å²) in [6.07, 6.45) is 15.1. The number of carbonyl (C=O) groups is 1. The SMILES string of the molecule is CCCCCCCCOC(=O)COc1cccc(C[C@H]2[C@@H](CC)C[C@@H](O)[C@@H]2CC[C@@H](O)CCCCC)c1. The van der Waals surface area contributed by atoms with E-state index in [2.05, 4.69) is 26.8 Å². The fraction of sp³-hybridized carbons (Fsp3) is 0.781. The Morgan fingerprint density at radius 1 is 0.973 bits per heavy atom. The monoisotopic (exact) mass is 518 g/mol. The van der Waals surface area contributed by atoms with Crippen molar-refractivity contribution in [3.05, 3.63) is 29.8 Å². The van der Waals surface area contributed by atoms with E-state index in [0.29, 0.717) is 24.2 Å². The lowest BCUT2D eigenvalue weighted by atomic mass is 9.80. The molecular formula is C32H54O5. The third-order valence-corrected chi connectivity index (χ3v) is 8.18. The molecule has 0 bridgehead atoms. The molecule has 0 saturated heterocycles. The van der Waals surface area contributed by atoms with Crippen LogP contribution in [0, 0.1) is 17.8 Å². The first kappa shape index (κ1) is 31.6. The maximum atomic E-state index is 12.1. The predicted molar refractivity (Wildman–Crippen MR) is 151 cm³/mol. The van der Waals surface area contributed by atoms with Crippen molar-refractivity contribution < 1.29 is 24.5 Å². The third-order valence-electron chi connectivity index (χ3n) is 8.18. The minimum atomic E-state index is -0.318. The summed E-state index contributed by atoms with van der Waals surface area (Å²) in [6, 6.07) is 7.99. The van der Waals surface area contributed by atoms with Crippen molar-refractivity contribution in [2.45, 2.75) is 129 Å². The number of aliphatic hydroxyl groups excluding tert-OH is 2. The summed E-state index contributed by atoms with van der Waals surface area (Å²) in [5, 5.41) is 21.3. The zero-order valence-electron chi connectivity index (χ0n) is 23.8. The number of aliphatic hydroxyl groups is 2. The number of esters is 1. The molecule has 1 saturated carbocycles. The fourth-order valence-corrected chi connectivity index (χ4v) is 5.93. The number of hydrogen-bond acceptors (Lipinski definition) is 5. The van der Waals surface area contributed by atoms with Gasteiger partial charge in [-0.2, -0.15) is 0 Å². The van der Waals surface area contributed by atoms with Crippen molar-refractivity contribution >= 4 is 5.97 Å². The minimum absolute atomic E-state index is 0.0719. The molecule has 1 aliphatic carbocycles. The van der Waals surface area contributed by atoms with Gasteiger partial charge in [-0.05, 0) is 74.0 Å². The van der Waals surface area contributed by atoms with E-state index in [0.717, 1.165) is 64.2 Å². The van der Waals surface area contributed by atoms with E-state index in [4.69, 9.17) is 9.47 Å². The number of unbranched alkanes of at least 4 members (excludes halogenated alkanes) is 7. The summed E-state index contributed by atoms with van der Waals surface area (Å²) in [5.41, 5.74) is 1.17. The second-order valence-corrected chi connectivity index (χ2v) is 11.2. The van der Waals surface area contributed by atoms with Crippen LogP contribution in [0.1, 0.15) is 116 Å². The van der Waals surface area contributed by atoms with Crippen molar-refractivity contribution in [2.75, 3.05) is 13.2 Å². The quantitative estimate of drug-likeness (QED) is 0.140. The molecule has 2 rings (SSSR count). The number of rotatable bonds is 20. The number of benzene rings is 1. The molecule has 0 heterocycles. The van der Waals surface area contributed by atoms with Crippen LogP contribution < -0.4 is 4.74 Å². The highest BCUT2D eigenvalue weighted by Gasteiger charge is 2.41. The summed E-state index contributed by atoms with van der Waals surface area (Å²) in [5.74, 6) is 1.46. The van der Waals surface area contributed by atoms with Crippen LogP contribution in [0.25, 0.3) is 0 Å². The third kappa shape index (κ3) is 12.2. The van der Waals surface area contributed by atoms with Crippen molar-refractivity contribution in [2.24, 2.45) is 17.8 Å². The molecule has 1 fully saturated rings. The van der Waals surface area contributed by atoms with Gasteiger partial charge in [-0.1, -0.05) is 90.7 Å². The summed E-state index contributed by atoms with van der Waals surface area (Å²) in [7, 11) is 0. The van der Waals surface area contributed by atoms with Crippen molar-refractivity contribution in [1.82, 2.24) is 0 Å². The Labute approximate surface area is 226 Å².